The highest BCUT2D eigenvalue weighted by Crippen LogP contribution is 2.22. The minimum atomic E-state index is 0.802. The third kappa shape index (κ3) is 1.03. The van der Waals surface area contributed by atoms with Crippen LogP contribution >= 0.6 is 12.2 Å². The molecule has 2 rings (SSSR count). The number of benzene rings is 1. The van der Waals surface area contributed by atoms with Gasteiger partial charge in [0.1, 0.15) is 0 Å². The number of thiocarbonyl (C=S) groups is 1. The minimum absolute atomic E-state index is 0.802. The van der Waals surface area contributed by atoms with E-state index < -0.39 is 0 Å². The normalized spacial score (nSPS) is 9.67. The summed E-state index contributed by atoms with van der Waals surface area (Å²) >= 11 is 4.52. The fraction of sp³-hybridized carbons (Fsp3) is 0. The lowest BCUT2D eigenvalue weighted by Gasteiger charge is -1.90. The summed E-state index contributed by atoms with van der Waals surface area (Å²) in [7, 11) is 0. The molecule has 0 spiro atoms. The standard InChI is InChI=1S/C8H5N3S/c12-5-9-7-2-1-3-8-6(7)4-10-11-8/h1-4H,(H,10,11). The van der Waals surface area contributed by atoms with E-state index in [-0.39, 0.29) is 0 Å². The molecule has 0 aliphatic rings. The zero-order chi connectivity index (χ0) is 8.39. The molecule has 0 aliphatic carbocycles. The van der Waals surface area contributed by atoms with E-state index in [1.165, 1.54) is 0 Å². The van der Waals surface area contributed by atoms with Gasteiger partial charge in [-0.15, -0.1) is 0 Å². The topological polar surface area (TPSA) is 41.0 Å². The molecule has 0 aliphatic heterocycles. The first-order valence-electron chi connectivity index (χ1n) is 3.42. The Hall–Kier alpha value is -1.51. The number of hydrogen-bond donors (Lipinski definition) is 1. The Balaban J connectivity index is 2.81. The molecule has 0 saturated heterocycles. The molecule has 0 radical (unpaired) electrons. The third-order valence-corrected chi connectivity index (χ3v) is 1.72. The molecule has 0 amide bonds. The molecule has 0 fully saturated rings. The summed E-state index contributed by atoms with van der Waals surface area (Å²) in [6.45, 7) is 0. The van der Waals surface area contributed by atoms with Crippen LogP contribution in [-0.4, -0.2) is 15.4 Å². The van der Waals surface area contributed by atoms with Crippen molar-refractivity contribution in [2.75, 3.05) is 0 Å². The van der Waals surface area contributed by atoms with Crippen LogP contribution in [0.5, 0.6) is 0 Å². The van der Waals surface area contributed by atoms with Gasteiger partial charge in [-0.05, 0) is 24.4 Å². The van der Waals surface area contributed by atoms with E-state index in [0.717, 1.165) is 16.6 Å². The zero-order valence-corrected chi connectivity index (χ0v) is 6.93. The summed E-state index contributed by atoms with van der Waals surface area (Å²) in [6, 6.07) is 5.70. The van der Waals surface area contributed by atoms with E-state index in [4.69, 9.17) is 0 Å². The van der Waals surface area contributed by atoms with E-state index in [0.29, 0.717) is 0 Å². The number of aliphatic imine (C=N–C) groups is 1. The highest BCUT2D eigenvalue weighted by atomic mass is 32.1. The van der Waals surface area contributed by atoms with Crippen molar-refractivity contribution in [3.05, 3.63) is 24.4 Å². The Morgan fingerprint density at radius 3 is 3.25 bits per heavy atom. The molecule has 3 nitrogen and oxygen atoms in total. The predicted octanol–water partition coefficient (Wildman–Crippen LogP) is 2.30. The van der Waals surface area contributed by atoms with Crippen LogP contribution in [0.4, 0.5) is 5.69 Å². The van der Waals surface area contributed by atoms with Gasteiger partial charge in [-0.2, -0.15) is 10.1 Å². The van der Waals surface area contributed by atoms with Crippen molar-refractivity contribution in [2.45, 2.75) is 0 Å². The molecule has 0 atom stereocenters. The second kappa shape index (κ2) is 2.85. The highest BCUT2D eigenvalue weighted by molar-refractivity contribution is 7.78. The van der Waals surface area contributed by atoms with E-state index in [2.05, 4.69) is 32.6 Å². The van der Waals surface area contributed by atoms with Crippen molar-refractivity contribution >= 4 is 34.0 Å². The molecule has 1 aromatic carbocycles. The maximum Gasteiger partial charge on any atom is 0.0849 e. The van der Waals surface area contributed by atoms with Gasteiger partial charge in [0.25, 0.3) is 0 Å². The Labute approximate surface area is 74.1 Å². The number of fused-ring (bicyclic) bond motifs is 1. The van der Waals surface area contributed by atoms with Gasteiger partial charge >= 0.3 is 0 Å². The molecule has 1 heterocycles. The Morgan fingerprint density at radius 1 is 1.50 bits per heavy atom. The van der Waals surface area contributed by atoms with Crippen LogP contribution in [0, 0.1) is 0 Å². The van der Waals surface area contributed by atoms with Crippen LogP contribution in [0.3, 0.4) is 0 Å². The van der Waals surface area contributed by atoms with Gasteiger partial charge in [0.05, 0.1) is 22.6 Å². The Kier molecular flexibility index (Phi) is 1.70. The molecule has 1 N–H and O–H groups in total. The van der Waals surface area contributed by atoms with Gasteiger partial charge < -0.3 is 0 Å². The van der Waals surface area contributed by atoms with Crippen LogP contribution in [0.2, 0.25) is 0 Å². The van der Waals surface area contributed by atoms with E-state index in [9.17, 15) is 0 Å². The summed E-state index contributed by atoms with van der Waals surface area (Å²) in [5, 5.41) is 10.0. The number of aromatic amines is 1. The van der Waals surface area contributed by atoms with Crippen LogP contribution in [0.15, 0.2) is 29.4 Å². The quantitative estimate of drug-likeness (QED) is 0.533. The lowest BCUT2D eigenvalue weighted by molar-refractivity contribution is 1.12. The average molecular weight is 175 g/mol. The number of rotatable bonds is 1. The van der Waals surface area contributed by atoms with Crippen LogP contribution < -0.4 is 0 Å². The van der Waals surface area contributed by atoms with Gasteiger partial charge in [0.2, 0.25) is 0 Å². The summed E-state index contributed by atoms with van der Waals surface area (Å²) in [5.74, 6) is 0. The van der Waals surface area contributed by atoms with Crippen molar-refractivity contribution in [1.82, 2.24) is 10.2 Å². The molecule has 1 aromatic heterocycles. The van der Waals surface area contributed by atoms with Crippen molar-refractivity contribution in [3.8, 4) is 0 Å². The molecule has 58 valence electrons. The maximum atomic E-state index is 4.52. The largest absolute Gasteiger partial charge is 0.278 e. The summed E-state index contributed by atoms with van der Waals surface area (Å²) < 4.78 is 0. The number of hydrogen-bond acceptors (Lipinski definition) is 3. The number of aromatic nitrogens is 2. The molecule has 2 aromatic rings. The summed E-state index contributed by atoms with van der Waals surface area (Å²) in [6.07, 6.45) is 1.72. The third-order valence-electron chi connectivity index (χ3n) is 1.63. The lowest BCUT2D eigenvalue weighted by Crippen LogP contribution is -1.67. The predicted molar refractivity (Wildman–Crippen MR) is 50.8 cm³/mol. The van der Waals surface area contributed by atoms with Crippen molar-refractivity contribution < 1.29 is 0 Å². The summed E-state index contributed by atoms with van der Waals surface area (Å²) in [4.78, 5) is 3.91. The summed E-state index contributed by atoms with van der Waals surface area (Å²) in [5.41, 5.74) is 1.76. The maximum absolute atomic E-state index is 4.52. The number of nitrogens with zero attached hydrogens (tertiary/aromatic N) is 2. The molecule has 12 heavy (non-hydrogen) atoms. The number of nitrogens with one attached hydrogen (secondary N) is 1. The first kappa shape index (κ1) is 7.16. The monoisotopic (exact) mass is 175 g/mol. The SMILES string of the molecule is S=C=Nc1cccc2[nH]ncc12. The number of isothiocyanates is 1. The van der Waals surface area contributed by atoms with Gasteiger partial charge in [-0.25, -0.2) is 0 Å². The highest BCUT2D eigenvalue weighted by Gasteiger charge is 1.98. The van der Waals surface area contributed by atoms with Gasteiger partial charge in [-0.1, -0.05) is 6.07 Å². The smallest absolute Gasteiger partial charge is 0.0849 e. The zero-order valence-electron chi connectivity index (χ0n) is 6.11. The van der Waals surface area contributed by atoms with Crippen molar-refractivity contribution in [3.63, 3.8) is 0 Å². The molecular formula is C8H5N3S. The molecule has 0 bridgehead atoms. The first-order valence-corrected chi connectivity index (χ1v) is 3.82. The number of H-pyrrole nitrogens is 1. The second-order valence-electron chi connectivity index (χ2n) is 2.31. The van der Waals surface area contributed by atoms with Gasteiger partial charge in [0, 0.05) is 5.39 Å². The second-order valence-corrected chi connectivity index (χ2v) is 2.49. The average Bonchev–Trinajstić information content (AvgIpc) is 2.53. The first-order chi connectivity index (χ1) is 5.92. The molecule has 0 unspecified atom stereocenters. The van der Waals surface area contributed by atoms with E-state index >= 15 is 0 Å². The van der Waals surface area contributed by atoms with Crippen LogP contribution in [0.1, 0.15) is 0 Å². The lowest BCUT2D eigenvalue weighted by atomic mass is 10.2. The fourth-order valence-electron chi connectivity index (χ4n) is 1.10. The minimum Gasteiger partial charge on any atom is -0.278 e. The van der Waals surface area contributed by atoms with Gasteiger partial charge in [-0.3, -0.25) is 5.10 Å². The molecule has 4 heteroatoms. The van der Waals surface area contributed by atoms with E-state index in [1.807, 2.05) is 18.2 Å². The van der Waals surface area contributed by atoms with Crippen LogP contribution in [0.25, 0.3) is 10.9 Å². The molecule has 0 saturated carbocycles. The fourth-order valence-corrected chi connectivity index (χ4v) is 1.20. The van der Waals surface area contributed by atoms with Gasteiger partial charge in [0.15, 0.2) is 0 Å². The van der Waals surface area contributed by atoms with Crippen molar-refractivity contribution in [2.24, 2.45) is 4.99 Å². The molecular weight excluding hydrogens is 170 g/mol. The van der Waals surface area contributed by atoms with Crippen molar-refractivity contribution in [1.29, 1.82) is 0 Å². The Morgan fingerprint density at radius 2 is 2.42 bits per heavy atom. The van der Waals surface area contributed by atoms with E-state index in [1.54, 1.807) is 6.20 Å². The Bertz CT molecular complexity index is 454. The van der Waals surface area contributed by atoms with Crippen LogP contribution in [-0.2, 0) is 0 Å².